The number of nitrogens with one attached hydrogen (secondary N) is 3. The van der Waals surface area contributed by atoms with Crippen molar-refractivity contribution in [2.75, 3.05) is 6.54 Å². The van der Waals surface area contributed by atoms with Crippen molar-refractivity contribution in [3.8, 4) is 0 Å². The van der Waals surface area contributed by atoms with Gasteiger partial charge < -0.3 is 9.47 Å². The summed E-state index contributed by atoms with van der Waals surface area (Å²) < 4.78 is 58.9. The van der Waals surface area contributed by atoms with Gasteiger partial charge in [0, 0.05) is 36.5 Å². The van der Waals surface area contributed by atoms with Crippen LogP contribution >= 0.6 is 0 Å². The number of halogens is 3. The third-order valence-corrected chi connectivity index (χ3v) is 9.65. The van der Waals surface area contributed by atoms with Crippen molar-refractivity contribution in [1.82, 2.24) is 30.8 Å². The van der Waals surface area contributed by atoms with Crippen LogP contribution in [0.4, 0.5) is 13.2 Å². The molecule has 8 atom stereocenters. The van der Waals surface area contributed by atoms with Gasteiger partial charge in [-0.3, -0.25) is 25.0 Å². The lowest BCUT2D eigenvalue weighted by atomic mass is 9.82. The fourth-order valence-electron chi connectivity index (χ4n) is 7.43. The predicted octanol–water partition coefficient (Wildman–Crippen LogP) is 3.56. The van der Waals surface area contributed by atoms with Crippen molar-refractivity contribution in [1.29, 1.82) is 0 Å². The molecule has 4 aliphatic rings. The maximum absolute atomic E-state index is 15.1. The van der Waals surface area contributed by atoms with Crippen LogP contribution in [0.1, 0.15) is 68.4 Å². The summed E-state index contributed by atoms with van der Waals surface area (Å²) in [6, 6.07) is 6.96. The highest BCUT2D eigenvalue weighted by Crippen LogP contribution is 2.44. The van der Waals surface area contributed by atoms with Crippen molar-refractivity contribution in [2.45, 2.75) is 112 Å². The normalized spacial score (nSPS) is 35.8. The quantitative estimate of drug-likeness (QED) is 0.346. The molecule has 3 N–H and O–H groups in total. The van der Waals surface area contributed by atoms with Crippen LogP contribution in [0.2, 0.25) is 0 Å². The number of hydrazine groups is 1. The molecule has 14 heteroatoms. The highest BCUT2D eigenvalue weighted by atomic mass is 19.4. The number of aryl methyl sites for hydroxylation is 1. The highest BCUT2D eigenvalue weighted by molar-refractivity contribution is 5.19. The summed E-state index contributed by atoms with van der Waals surface area (Å²) in [5.74, 6) is -0.220. The Hall–Kier alpha value is -2.62. The lowest BCUT2D eigenvalue weighted by Gasteiger charge is -2.46. The van der Waals surface area contributed by atoms with Gasteiger partial charge in [-0.2, -0.15) is 18.3 Å². The average molecular weight is 608 g/mol. The summed E-state index contributed by atoms with van der Waals surface area (Å²) in [5.41, 5.74) is 4.42. The molecule has 0 saturated carbocycles. The zero-order valence-corrected chi connectivity index (χ0v) is 24.2. The molecule has 4 saturated heterocycles. The van der Waals surface area contributed by atoms with Crippen LogP contribution in [0.15, 0.2) is 42.7 Å². The van der Waals surface area contributed by atoms with Crippen LogP contribution < -0.4 is 16.2 Å². The number of nitro groups is 1. The lowest BCUT2D eigenvalue weighted by molar-refractivity contribution is -0.534. The minimum absolute atomic E-state index is 0.200. The SMILES string of the molecule is Cn1cc(C2CC([N+](=O)[O-])C3NC2N2CCC[C@@H]2CCCCCC(OCc2ccccc2)(C(F)(F)F)C2NNC3O2)cn1. The maximum atomic E-state index is 15.1. The molecule has 6 rings (SSSR count). The number of benzene rings is 1. The van der Waals surface area contributed by atoms with Crippen LogP contribution in [0.25, 0.3) is 0 Å². The molecule has 0 spiro atoms. The van der Waals surface area contributed by atoms with E-state index < -0.39 is 36.3 Å². The van der Waals surface area contributed by atoms with Crippen molar-refractivity contribution >= 4 is 0 Å². The molecular weight excluding hydrogens is 567 g/mol. The van der Waals surface area contributed by atoms with Gasteiger partial charge in [0.2, 0.25) is 11.6 Å². The van der Waals surface area contributed by atoms with Crippen molar-refractivity contribution in [3.05, 3.63) is 64.0 Å². The number of ether oxygens (including phenoxy) is 2. The monoisotopic (exact) mass is 607 g/mol. The molecule has 1 aromatic heterocycles. The second-order valence-corrected chi connectivity index (χ2v) is 12.3. The number of hydrogen-bond acceptors (Lipinski definition) is 9. The minimum atomic E-state index is -4.77. The average Bonchev–Trinajstić information content (AvgIpc) is 3.75. The number of fused-ring (bicyclic) bond motifs is 7. The molecule has 5 heterocycles. The van der Waals surface area contributed by atoms with Crippen LogP contribution in [0, 0.1) is 10.1 Å². The largest absolute Gasteiger partial charge is 0.421 e. The summed E-state index contributed by atoms with van der Waals surface area (Å²) in [6.45, 7) is 0.594. The van der Waals surface area contributed by atoms with Crippen LogP contribution in [0.3, 0.4) is 0 Å². The number of alkyl halides is 3. The van der Waals surface area contributed by atoms with E-state index in [2.05, 4.69) is 26.2 Å². The zero-order valence-electron chi connectivity index (χ0n) is 24.2. The van der Waals surface area contributed by atoms with E-state index in [-0.39, 0.29) is 42.5 Å². The van der Waals surface area contributed by atoms with E-state index >= 15 is 13.2 Å². The Labute approximate surface area is 248 Å². The standard InChI is InChI=1S/C29H40F3N7O4/c1-37-17-20(16-33-37)22-15-23(39(40)41)24-26-35-36-27(43-26)28(29(30,31)32,42-18-19-9-4-2-5-10-19)13-7-3-6-11-21-12-8-14-38(21)25(22)34-24/h2,4-5,9-10,16-17,21-27,34-36H,3,6-8,11-15,18H2,1H3/t21-,22?,23?,24?,25?,26?,27?,28?/m0/s1. The van der Waals surface area contributed by atoms with Crippen LogP contribution in [-0.2, 0) is 23.1 Å². The van der Waals surface area contributed by atoms with Gasteiger partial charge in [0.05, 0.1) is 19.0 Å². The molecule has 4 bridgehead atoms. The molecule has 0 aliphatic carbocycles. The van der Waals surface area contributed by atoms with E-state index in [9.17, 15) is 10.1 Å². The fraction of sp³-hybridized carbons (Fsp3) is 0.690. The van der Waals surface area contributed by atoms with Gasteiger partial charge >= 0.3 is 6.18 Å². The van der Waals surface area contributed by atoms with E-state index in [0.29, 0.717) is 18.4 Å². The van der Waals surface area contributed by atoms with Crippen molar-refractivity contribution in [2.24, 2.45) is 7.05 Å². The molecule has 0 amide bonds. The number of piperidine rings is 1. The van der Waals surface area contributed by atoms with Gasteiger partial charge in [0.1, 0.15) is 12.3 Å². The van der Waals surface area contributed by atoms with E-state index in [4.69, 9.17) is 9.47 Å². The van der Waals surface area contributed by atoms with Gasteiger partial charge in [-0.15, -0.1) is 0 Å². The predicted molar refractivity (Wildman–Crippen MR) is 150 cm³/mol. The van der Waals surface area contributed by atoms with E-state index in [1.54, 1.807) is 41.2 Å². The first kappa shape index (κ1) is 30.4. The van der Waals surface area contributed by atoms with Crippen molar-refractivity contribution in [3.63, 3.8) is 0 Å². The second kappa shape index (κ2) is 12.4. The first-order chi connectivity index (χ1) is 20.7. The topological polar surface area (TPSA) is 119 Å². The van der Waals surface area contributed by atoms with Crippen LogP contribution in [-0.4, -0.2) is 74.7 Å². The Bertz CT molecular complexity index is 1250. The molecule has 4 aliphatic heterocycles. The second-order valence-electron chi connectivity index (χ2n) is 12.3. The molecular formula is C29H40F3N7O4. The minimum Gasteiger partial charge on any atom is -0.357 e. The Morgan fingerprint density at radius 2 is 1.95 bits per heavy atom. The first-order valence-corrected chi connectivity index (χ1v) is 15.2. The summed E-state index contributed by atoms with van der Waals surface area (Å²) in [4.78, 5) is 14.6. The summed E-state index contributed by atoms with van der Waals surface area (Å²) in [6.07, 6.45) is 0.350. The smallest absolute Gasteiger partial charge is 0.357 e. The van der Waals surface area contributed by atoms with Gasteiger partial charge in [-0.1, -0.05) is 49.6 Å². The third-order valence-electron chi connectivity index (χ3n) is 9.65. The Morgan fingerprint density at radius 1 is 1.16 bits per heavy atom. The maximum Gasteiger partial charge on any atom is 0.421 e. The van der Waals surface area contributed by atoms with Gasteiger partial charge in [-0.05, 0) is 43.4 Å². The Balaban J connectivity index is 1.34. The van der Waals surface area contributed by atoms with Gasteiger partial charge in [-0.25, -0.2) is 10.9 Å². The third kappa shape index (κ3) is 6.05. The van der Waals surface area contributed by atoms with Gasteiger partial charge in [0.25, 0.3) is 0 Å². The molecule has 1 aromatic carbocycles. The fourth-order valence-corrected chi connectivity index (χ4v) is 7.43. The molecule has 43 heavy (non-hydrogen) atoms. The lowest BCUT2D eigenvalue weighted by Crippen LogP contribution is -2.67. The number of hydrogen-bond donors (Lipinski definition) is 3. The molecule has 4 fully saturated rings. The molecule has 0 radical (unpaired) electrons. The Morgan fingerprint density at radius 3 is 2.67 bits per heavy atom. The van der Waals surface area contributed by atoms with E-state index in [1.165, 1.54) is 0 Å². The molecule has 7 unspecified atom stereocenters. The van der Waals surface area contributed by atoms with Crippen molar-refractivity contribution < 1.29 is 27.6 Å². The zero-order chi connectivity index (χ0) is 30.2. The number of nitrogens with zero attached hydrogens (tertiary/aromatic N) is 4. The number of aromatic nitrogens is 2. The van der Waals surface area contributed by atoms with Gasteiger partial charge in [0.15, 0.2) is 6.23 Å². The summed E-state index contributed by atoms with van der Waals surface area (Å²) >= 11 is 0. The molecule has 2 aromatic rings. The molecule has 11 nitrogen and oxygen atoms in total. The summed E-state index contributed by atoms with van der Waals surface area (Å²) in [5, 5.41) is 20.3. The van der Waals surface area contributed by atoms with E-state index in [1.807, 2.05) is 13.2 Å². The number of rotatable bonds is 5. The van der Waals surface area contributed by atoms with Crippen LogP contribution in [0.5, 0.6) is 0 Å². The van der Waals surface area contributed by atoms with E-state index in [0.717, 1.165) is 37.8 Å². The Kier molecular flexibility index (Phi) is 8.77. The summed E-state index contributed by atoms with van der Waals surface area (Å²) in [7, 11) is 1.81. The molecule has 236 valence electrons. The highest BCUT2D eigenvalue weighted by Gasteiger charge is 2.64. The first-order valence-electron chi connectivity index (χ1n) is 15.2.